The van der Waals surface area contributed by atoms with Crippen molar-refractivity contribution in [1.29, 1.82) is 0 Å². The van der Waals surface area contributed by atoms with Gasteiger partial charge < -0.3 is 19.5 Å². The Bertz CT molecular complexity index is 866. The van der Waals surface area contributed by atoms with Gasteiger partial charge in [0.25, 0.3) is 0 Å². The predicted molar refractivity (Wildman–Crippen MR) is 106 cm³/mol. The van der Waals surface area contributed by atoms with Gasteiger partial charge in [-0.15, -0.1) is 0 Å². The second kappa shape index (κ2) is 8.71. The Hall–Kier alpha value is -2.77. The molecule has 0 atom stereocenters. The Balaban J connectivity index is 1.29. The summed E-state index contributed by atoms with van der Waals surface area (Å²) in [6.45, 7) is 1.63. The van der Waals surface area contributed by atoms with E-state index in [1.54, 1.807) is 15.8 Å². The number of hydrogen-bond acceptors (Lipinski definition) is 5. The van der Waals surface area contributed by atoms with Crippen LogP contribution >= 0.6 is 0 Å². The molecule has 1 aromatic carbocycles. The number of ether oxygens (including phenoxy) is 2. The molecule has 0 unspecified atom stereocenters. The van der Waals surface area contributed by atoms with E-state index in [1.165, 1.54) is 0 Å². The number of hydrogen-bond donors (Lipinski definition) is 1. The SMILES string of the molecule is O=C(O)CCn1ncc2cc(OC3CCN(C(=O)OC4CCCC4)CC3)ccc21. The molecule has 2 aromatic rings. The number of aromatic nitrogens is 2. The molecule has 1 aliphatic carbocycles. The van der Waals surface area contributed by atoms with E-state index in [0.29, 0.717) is 19.6 Å². The first-order chi connectivity index (χ1) is 14.1. The molecule has 0 radical (unpaired) electrons. The van der Waals surface area contributed by atoms with Gasteiger partial charge in [0.05, 0.1) is 24.7 Å². The molecule has 1 saturated carbocycles. The third-order valence-electron chi connectivity index (χ3n) is 5.72. The summed E-state index contributed by atoms with van der Waals surface area (Å²) < 4.78 is 13.4. The van der Waals surface area contributed by atoms with Crippen molar-refractivity contribution in [3.05, 3.63) is 24.4 Å². The molecule has 4 rings (SSSR count). The lowest BCUT2D eigenvalue weighted by molar-refractivity contribution is -0.137. The van der Waals surface area contributed by atoms with Crippen molar-refractivity contribution in [3.63, 3.8) is 0 Å². The first-order valence-electron chi connectivity index (χ1n) is 10.4. The Labute approximate surface area is 169 Å². The van der Waals surface area contributed by atoms with Gasteiger partial charge in [0.1, 0.15) is 18.0 Å². The minimum absolute atomic E-state index is 0.0385. The molecule has 0 spiro atoms. The zero-order valence-corrected chi connectivity index (χ0v) is 16.5. The van der Waals surface area contributed by atoms with Crippen LogP contribution in [0, 0.1) is 0 Å². The highest BCUT2D eigenvalue weighted by Gasteiger charge is 2.27. The molecule has 2 heterocycles. The van der Waals surface area contributed by atoms with Crippen LogP contribution in [0.2, 0.25) is 0 Å². The molecule has 2 fully saturated rings. The summed E-state index contributed by atoms with van der Waals surface area (Å²) in [7, 11) is 0. The van der Waals surface area contributed by atoms with Crippen LogP contribution in [0.4, 0.5) is 4.79 Å². The number of piperidine rings is 1. The maximum Gasteiger partial charge on any atom is 0.410 e. The lowest BCUT2D eigenvalue weighted by atomic mass is 10.1. The molecule has 0 bridgehead atoms. The zero-order valence-electron chi connectivity index (χ0n) is 16.5. The average Bonchev–Trinajstić information content (AvgIpc) is 3.36. The summed E-state index contributed by atoms with van der Waals surface area (Å²) in [6, 6.07) is 5.73. The van der Waals surface area contributed by atoms with E-state index in [4.69, 9.17) is 14.6 Å². The minimum atomic E-state index is -0.841. The van der Waals surface area contributed by atoms with E-state index in [1.807, 2.05) is 18.2 Å². The molecule has 1 amide bonds. The standard InChI is InChI=1S/C21H27N3O5/c25-20(26)9-12-24-19-6-5-18(13-15(19)14-22-24)28-17-7-10-23(11-8-17)21(27)29-16-3-1-2-4-16/h5-6,13-14,16-17H,1-4,7-12H2,(H,25,26). The molecule has 1 aromatic heterocycles. The van der Waals surface area contributed by atoms with Gasteiger partial charge in [-0.3, -0.25) is 9.48 Å². The number of fused-ring (bicyclic) bond motifs is 1. The first-order valence-corrected chi connectivity index (χ1v) is 10.4. The van der Waals surface area contributed by atoms with Crippen molar-refractivity contribution in [3.8, 4) is 5.75 Å². The fraction of sp³-hybridized carbons (Fsp3) is 0.571. The summed E-state index contributed by atoms with van der Waals surface area (Å²) in [5.41, 5.74) is 0.892. The zero-order chi connectivity index (χ0) is 20.2. The summed E-state index contributed by atoms with van der Waals surface area (Å²) in [5, 5.41) is 14.0. The Morgan fingerprint density at radius 3 is 2.59 bits per heavy atom. The molecular weight excluding hydrogens is 374 g/mol. The highest BCUT2D eigenvalue weighted by Crippen LogP contribution is 2.26. The van der Waals surface area contributed by atoms with Crippen molar-refractivity contribution in [2.24, 2.45) is 0 Å². The van der Waals surface area contributed by atoms with Crippen LogP contribution in [-0.2, 0) is 16.1 Å². The van der Waals surface area contributed by atoms with Crippen LogP contribution in [0.15, 0.2) is 24.4 Å². The van der Waals surface area contributed by atoms with Crippen molar-refractivity contribution in [2.45, 2.75) is 63.7 Å². The smallest absolute Gasteiger partial charge is 0.410 e. The van der Waals surface area contributed by atoms with E-state index >= 15 is 0 Å². The normalized spacial score (nSPS) is 18.3. The lowest BCUT2D eigenvalue weighted by Gasteiger charge is -2.32. The number of benzene rings is 1. The molecule has 156 valence electrons. The third-order valence-corrected chi connectivity index (χ3v) is 5.72. The quantitative estimate of drug-likeness (QED) is 0.797. The van der Waals surface area contributed by atoms with E-state index in [9.17, 15) is 9.59 Å². The predicted octanol–water partition coefficient (Wildman–Crippen LogP) is 3.43. The van der Waals surface area contributed by atoms with Gasteiger partial charge in [0.15, 0.2) is 0 Å². The number of likely N-dealkylation sites (tertiary alicyclic amines) is 1. The number of aliphatic carboxylic acids is 1. The van der Waals surface area contributed by atoms with Crippen LogP contribution < -0.4 is 4.74 Å². The van der Waals surface area contributed by atoms with Gasteiger partial charge in [0, 0.05) is 31.3 Å². The van der Waals surface area contributed by atoms with Gasteiger partial charge in [0.2, 0.25) is 0 Å². The van der Waals surface area contributed by atoms with E-state index in [2.05, 4.69) is 5.10 Å². The first kappa shape index (κ1) is 19.5. The van der Waals surface area contributed by atoms with Gasteiger partial charge >= 0.3 is 12.1 Å². The second-order valence-corrected chi connectivity index (χ2v) is 7.83. The van der Waals surface area contributed by atoms with E-state index in [-0.39, 0.29) is 24.7 Å². The minimum Gasteiger partial charge on any atom is -0.490 e. The highest BCUT2D eigenvalue weighted by atomic mass is 16.6. The third kappa shape index (κ3) is 4.81. The number of carbonyl (C=O) groups excluding carboxylic acids is 1. The Kier molecular flexibility index (Phi) is 5.87. The number of rotatable bonds is 6. The molecule has 8 nitrogen and oxygen atoms in total. The highest BCUT2D eigenvalue weighted by molar-refractivity contribution is 5.80. The number of nitrogens with zero attached hydrogens (tertiary/aromatic N) is 3. The molecule has 8 heteroatoms. The van der Waals surface area contributed by atoms with Gasteiger partial charge in [-0.25, -0.2) is 4.79 Å². The van der Waals surface area contributed by atoms with Crippen LogP contribution in [0.1, 0.15) is 44.9 Å². The number of amides is 1. The fourth-order valence-corrected chi connectivity index (χ4v) is 4.09. The molecular formula is C21H27N3O5. The Morgan fingerprint density at radius 1 is 1.10 bits per heavy atom. The summed E-state index contributed by atoms with van der Waals surface area (Å²) in [5.74, 6) is -0.0747. The lowest BCUT2D eigenvalue weighted by Crippen LogP contribution is -2.42. The largest absolute Gasteiger partial charge is 0.490 e. The van der Waals surface area contributed by atoms with Crippen molar-refractivity contribution < 1.29 is 24.2 Å². The summed E-state index contributed by atoms with van der Waals surface area (Å²) >= 11 is 0. The maximum absolute atomic E-state index is 12.3. The van der Waals surface area contributed by atoms with Crippen molar-refractivity contribution in [1.82, 2.24) is 14.7 Å². The monoisotopic (exact) mass is 401 g/mol. The molecule has 2 aliphatic rings. The number of carbonyl (C=O) groups is 2. The van der Waals surface area contributed by atoms with Crippen LogP contribution in [-0.4, -0.2) is 57.1 Å². The fourth-order valence-electron chi connectivity index (χ4n) is 4.09. The van der Waals surface area contributed by atoms with Crippen LogP contribution in [0.5, 0.6) is 5.75 Å². The molecule has 29 heavy (non-hydrogen) atoms. The van der Waals surface area contributed by atoms with Gasteiger partial charge in [-0.05, 0) is 43.9 Å². The number of aryl methyl sites for hydroxylation is 1. The van der Waals surface area contributed by atoms with E-state index < -0.39 is 5.97 Å². The summed E-state index contributed by atoms with van der Waals surface area (Å²) in [6.07, 6.45) is 7.55. The average molecular weight is 401 g/mol. The van der Waals surface area contributed by atoms with Gasteiger partial charge in [-0.1, -0.05) is 0 Å². The molecule has 1 aliphatic heterocycles. The molecule has 1 N–H and O–H groups in total. The second-order valence-electron chi connectivity index (χ2n) is 7.83. The van der Waals surface area contributed by atoms with Gasteiger partial charge in [-0.2, -0.15) is 5.10 Å². The topological polar surface area (TPSA) is 93.9 Å². The van der Waals surface area contributed by atoms with E-state index in [0.717, 1.165) is 55.2 Å². The maximum atomic E-state index is 12.3. The summed E-state index contributed by atoms with van der Waals surface area (Å²) in [4.78, 5) is 24.8. The number of carboxylic acid groups (broad SMARTS) is 1. The van der Waals surface area contributed by atoms with Crippen LogP contribution in [0.3, 0.4) is 0 Å². The molecule has 1 saturated heterocycles. The van der Waals surface area contributed by atoms with Crippen molar-refractivity contribution >= 4 is 23.0 Å². The van der Waals surface area contributed by atoms with Crippen LogP contribution in [0.25, 0.3) is 10.9 Å². The number of carboxylic acids is 1. The Morgan fingerprint density at radius 2 is 1.86 bits per heavy atom. The van der Waals surface area contributed by atoms with Crippen molar-refractivity contribution in [2.75, 3.05) is 13.1 Å².